The van der Waals surface area contributed by atoms with Crippen LogP contribution in [0.4, 0.5) is 8.78 Å². The Balaban J connectivity index is 0.00000256. The van der Waals surface area contributed by atoms with Crippen LogP contribution in [0, 0.1) is 0 Å². The van der Waals surface area contributed by atoms with Gasteiger partial charge in [-0.2, -0.15) is 8.78 Å². The second-order valence-electron chi connectivity index (χ2n) is 2.95. The van der Waals surface area contributed by atoms with Crippen LogP contribution in [0.2, 0.25) is 0 Å². The number of carbonyl (C=O) groups excluding carboxylic acids is 1. The lowest BCUT2D eigenvalue weighted by Gasteiger charge is -2.20. The lowest BCUT2D eigenvalue weighted by atomic mass is 10.1. The zero-order chi connectivity index (χ0) is 12.3. The Labute approximate surface area is 116 Å². The highest BCUT2D eigenvalue weighted by molar-refractivity contribution is 9.10. The van der Waals surface area contributed by atoms with Crippen LogP contribution in [0.15, 0.2) is 15.9 Å². The van der Waals surface area contributed by atoms with Gasteiger partial charge in [0.25, 0.3) is 0 Å². The number of nitrogens with two attached hydrogens (primary N) is 1. The minimum atomic E-state index is -3.72. The van der Waals surface area contributed by atoms with Crippen LogP contribution < -0.4 is 5.73 Å². The van der Waals surface area contributed by atoms with E-state index in [9.17, 15) is 13.6 Å². The predicted molar refractivity (Wildman–Crippen MR) is 67.8 cm³/mol. The van der Waals surface area contributed by atoms with Crippen molar-refractivity contribution < 1.29 is 18.3 Å². The largest absolute Gasteiger partial charge is 0.462 e. The molecular weight excluding hydrogens is 340 g/mol. The van der Waals surface area contributed by atoms with Crippen LogP contribution in [0.1, 0.15) is 17.8 Å². The maximum atomic E-state index is 13.5. The van der Waals surface area contributed by atoms with Crippen molar-refractivity contribution in [2.45, 2.75) is 18.9 Å². The third kappa shape index (κ3) is 3.61. The molecule has 0 aromatic carbocycles. The molecule has 0 bridgehead atoms. The lowest BCUT2D eigenvalue weighted by molar-refractivity contribution is -0.174. The van der Waals surface area contributed by atoms with Crippen LogP contribution in [0.3, 0.4) is 0 Å². The molecular formula is C9H11BrClF2NO2S. The van der Waals surface area contributed by atoms with Crippen molar-refractivity contribution in [1.29, 1.82) is 0 Å². The fraction of sp³-hybridized carbons (Fsp3) is 0.444. The molecule has 1 rings (SSSR count). The molecule has 0 unspecified atom stereocenters. The summed E-state index contributed by atoms with van der Waals surface area (Å²) in [4.78, 5) is 11.3. The molecule has 0 aliphatic heterocycles. The molecule has 0 aliphatic carbocycles. The van der Waals surface area contributed by atoms with Crippen molar-refractivity contribution in [3.05, 3.63) is 20.8 Å². The van der Waals surface area contributed by atoms with Gasteiger partial charge in [-0.05, 0) is 34.3 Å². The minimum Gasteiger partial charge on any atom is -0.462 e. The van der Waals surface area contributed by atoms with Gasteiger partial charge in [-0.15, -0.1) is 23.7 Å². The summed E-state index contributed by atoms with van der Waals surface area (Å²) < 4.78 is 31.8. The first-order valence-electron chi connectivity index (χ1n) is 4.44. The van der Waals surface area contributed by atoms with E-state index in [0.29, 0.717) is 4.47 Å². The van der Waals surface area contributed by atoms with E-state index in [2.05, 4.69) is 20.7 Å². The van der Waals surface area contributed by atoms with Gasteiger partial charge in [0, 0.05) is 9.35 Å². The van der Waals surface area contributed by atoms with Crippen LogP contribution >= 0.6 is 39.7 Å². The van der Waals surface area contributed by atoms with Crippen LogP contribution in [0.25, 0.3) is 0 Å². The maximum Gasteiger partial charge on any atom is 0.379 e. The van der Waals surface area contributed by atoms with E-state index in [1.165, 1.54) is 6.92 Å². The second kappa shape index (κ2) is 6.63. The van der Waals surface area contributed by atoms with E-state index < -0.39 is 17.9 Å². The number of carbonyl (C=O) groups is 1. The quantitative estimate of drug-likeness (QED) is 0.849. The highest BCUT2D eigenvalue weighted by Gasteiger charge is 2.48. The Bertz CT molecular complexity index is 389. The number of alkyl halides is 2. The van der Waals surface area contributed by atoms with Gasteiger partial charge < -0.3 is 10.5 Å². The topological polar surface area (TPSA) is 52.3 Å². The summed E-state index contributed by atoms with van der Waals surface area (Å²) in [5, 5.41) is 1.61. The second-order valence-corrected chi connectivity index (χ2v) is 4.76. The third-order valence-corrected chi connectivity index (χ3v) is 3.82. The summed E-state index contributed by atoms with van der Waals surface area (Å²) in [5.74, 6) is -5.31. The van der Waals surface area contributed by atoms with Crippen molar-refractivity contribution in [3.63, 3.8) is 0 Å². The molecule has 17 heavy (non-hydrogen) atoms. The number of esters is 1. The molecule has 0 amide bonds. The number of hydrogen-bond acceptors (Lipinski definition) is 4. The van der Waals surface area contributed by atoms with E-state index in [1.807, 2.05) is 0 Å². The molecule has 0 aliphatic rings. The molecule has 1 aromatic heterocycles. The number of hydrogen-bond donors (Lipinski definition) is 1. The van der Waals surface area contributed by atoms with E-state index in [-0.39, 0.29) is 23.9 Å². The van der Waals surface area contributed by atoms with Crippen LogP contribution in [0.5, 0.6) is 0 Å². The van der Waals surface area contributed by atoms with Gasteiger partial charge in [-0.3, -0.25) is 0 Å². The number of thiophene rings is 1. The zero-order valence-electron chi connectivity index (χ0n) is 8.78. The Morgan fingerprint density at radius 1 is 1.71 bits per heavy atom. The van der Waals surface area contributed by atoms with E-state index in [4.69, 9.17) is 5.73 Å². The van der Waals surface area contributed by atoms with Gasteiger partial charge in [0.05, 0.1) is 6.61 Å². The van der Waals surface area contributed by atoms with Gasteiger partial charge in [0.15, 0.2) is 0 Å². The molecule has 8 heteroatoms. The van der Waals surface area contributed by atoms with Crippen LogP contribution in [-0.4, -0.2) is 18.5 Å². The molecule has 2 N–H and O–H groups in total. The summed E-state index contributed by atoms with van der Waals surface area (Å²) >= 11 is 4.15. The van der Waals surface area contributed by atoms with Gasteiger partial charge in [0.2, 0.25) is 0 Å². The molecule has 0 fully saturated rings. The Hall–Kier alpha value is -0.240. The Morgan fingerprint density at radius 2 is 2.29 bits per heavy atom. The van der Waals surface area contributed by atoms with Gasteiger partial charge in [-0.1, -0.05) is 0 Å². The SMILES string of the molecule is CCOC(=O)C(F)(F)[C@@H](N)c1sccc1Br.Cl. The molecule has 1 atom stereocenters. The summed E-state index contributed by atoms with van der Waals surface area (Å²) in [6.07, 6.45) is 0. The lowest BCUT2D eigenvalue weighted by Crippen LogP contribution is -2.41. The monoisotopic (exact) mass is 349 g/mol. The first-order valence-corrected chi connectivity index (χ1v) is 6.12. The summed E-state index contributed by atoms with van der Waals surface area (Å²) in [6.45, 7) is 1.35. The van der Waals surface area contributed by atoms with E-state index >= 15 is 0 Å². The Kier molecular flexibility index (Phi) is 6.53. The maximum absolute atomic E-state index is 13.5. The highest BCUT2D eigenvalue weighted by atomic mass is 79.9. The highest BCUT2D eigenvalue weighted by Crippen LogP contribution is 2.37. The molecule has 0 spiro atoms. The fourth-order valence-corrected chi connectivity index (χ4v) is 2.71. The number of halogens is 4. The van der Waals surface area contributed by atoms with E-state index in [0.717, 1.165) is 11.3 Å². The summed E-state index contributed by atoms with van der Waals surface area (Å²) in [5.41, 5.74) is 5.38. The van der Waals surface area contributed by atoms with Gasteiger partial charge in [0.1, 0.15) is 6.04 Å². The average Bonchev–Trinajstić information content (AvgIpc) is 2.63. The van der Waals surface area contributed by atoms with Gasteiger partial charge in [-0.25, -0.2) is 4.79 Å². The zero-order valence-corrected chi connectivity index (χ0v) is 12.0. The molecule has 3 nitrogen and oxygen atoms in total. The van der Waals surface area contributed by atoms with Crippen LogP contribution in [-0.2, 0) is 9.53 Å². The third-order valence-electron chi connectivity index (χ3n) is 1.87. The number of ether oxygens (including phenoxy) is 1. The van der Waals surface area contributed by atoms with Crippen molar-refractivity contribution >= 4 is 45.6 Å². The predicted octanol–water partition coefficient (Wildman–Crippen LogP) is 3.13. The minimum absolute atomic E-state index is 0. The molecule has 1 aromatic rings. The van der Waals surface area contributed by atoms with Crippen molar-refractivity contribution in [3.8, 4) is 0 Å². The molecule has 0 saturated heterocycles. The first kappa shape index (κ1) is 16.8. The normalized spacial score (nSPS) is 12.8. The smallest absolute Gasteiger partial charge is 0.379 e. The summed E-state index contributed by atoms with van der Waals surface area (Å²) in [7, 11) is 0. The standard InChI is InChI=1S/C9H10BrF2NO2S.ClH/c1-2-15-8(14)9(11,12)7(13)6-5(10)3-4-16-6;/h3-4,7H,2,13H2,1H3;1H/t7-;/m0./s1. The Morgan fingerprint density at radius 3 is 2.71 bits per heavy atom. The molecule has 98 valence electrons. The summed E-state index contributed by atoms with van der Waals surface area (Å²) in [6, 6.07) is -0.0953. The average molecular weight is 351 g/mol. The van der Waals surface area contributed by atoms with Crippen molar-refractivity contribution in [1.82, 2.24) is 0 Å². The molecule has 0 saturated carbocycles. The van der Waals surface area contributed by atoms with Gasteiger partial charge >= 0.3 is 11.9 Å². The van der Waals surface area contributed by atoms with E-state index in [1.54, 1.807) is 11.4 Å². The fourth-order valence-electron chi connectivity index (χ4n) is 1.05. The van der Waals surface area contributed by atoms with Crippen molar-refractivity contribution in [2.24, 2.45) is 5.73 Å². The molecule has 0 radical (unpaired) electrons. The van der Waals surface area contributed by atoms with Crippen molar-refractivity contribution in [2.75, 3.05) is 6.61 Å². The first-order chi connectivity index (χ1) is 7.41. The number of rotatable bonds is 4. The molecule has 1 heterocycles.